The van der Waals surface area contributed by atoms with Gasteiger partial charge in [-0.15, -0.1) is 0 Å². The summed E-state index contributed by atoms with van der Waals surface area (Å²) in [5, 5.41) is 10.7. The Morgan fingerprint density at radius 2 is 2.00 bits per heavy atom. The number of ether oxygens (including phenoxy) is 1. The third kappa shape index (κ3) is 3.22. The zero-order valence-corrected chi connectivity index (χ0v) is 15.2. The normalized spacial score (nSPS) is 28.6. The molecule has 3 atom stereocenters. The van der Waals surface area contributed by atoms with Crippen LogP contribution in [0, 0.1) is 11.8 Å². The van der Waals surface area contributed by atoms with Crippen LogP contribution < -0.4 is 4.74 Å². The molecule has 0 amide bonds. The molecule has 0 spiro atoms. The zero-order valence-electron chi connectivity index (χ0n) is 15.2. The van der Waals surface area contributed by atoms with Gasteiger partial charge in [0.2, 0.25) is 0 Å². The monoisotopic (exact) mass is 316 g/mol. The maximum Gasteiger partial charge on any atom is 0.127 e. The predicted molar refractivity (Wildman–Crippen MR) is 95.3 cm³/mol. The number of fused-ring (bicyclic) bond motifs is 3. The Hall–Kier alpha value is -1.18. The van der Waals surface area contributed by atoms with E-state index in [1.54, 1.807) is 0 Å². The highest BCUT2D eigenvalue weighted by molar-refractivity contribution is 5.52. The van der Waals surface area contributed by atoms with Gasteiger partial charge >= 0.3 is 0 Å². The van der Waals surface area contributed by atoms with Gasteiger partial charge in [0.15, 0.2) is 0 Å². The minimum Gasteiger partial charge on any atom is -0.508 e. The van der Waals surface area contributed by atoms with E-state index in [1.165, 1.54) is 44.1 Å². The number of aryl methyl sites for hydroxylation is 1. The van der Waals surface area contributed by atoms with Crippen LogP contribution in [0.5, 0.6) is 11.5 Å². The van der Waals surface area contributed by atoms with Crippen LogP contribution in [-0.2, 0) is 6.42 Å². The van der Waals surface area contributed by atoms with Crippen LogP contribution in [0.25, 0.3) is 0 Å². The molecule has 1 N–H and O–H groups in total. The highest BCUT2D eigenvalue weighted by Crippen LogP contribution is 2.55. The zero-order chi connectivity index (χ0) is 16.6. The number of benzene rings is 1. The molecule has 1 unspecified atom stereocenters. The number of hydrogen-bond acceptors (Lipinski definition) is 2. The van der Waals surface area contributed by atoms with Crippen LogP contribution in [0.2, 0.25) is 0 Å². The van der Waals surface area contributed by atoms with Crippen LogP contribution >= 0.6 is 0 Å². The van der Waals surface area contributed by atoms with Crippen LogP contribution in [0.3, 0.4) is 0 Å². The van der Waals surface area contributed by atoms with E-state index < -0.39 is 0 Å². The molecule has 1 aromatic carbocycles. The largest absolute Gasteiger partial charge is 0.508 e. The molecule has 1 fully saturated rings. The van der Waals surface area contributed by atoms with Gasteiger partial charge < -0.3 is 9.84 Å². The number of unbranched alkanes of at least 4 members (excludes halogenated alkanes) is 2. The molecular weight excluding hydrogens is 284 g/mol. The summed E-state index contributed by atoms with van der Waals surface area (Å²) in [6.45, 7) is 9.02. The van der Waals surface area contributed by atoms with Gasteiger partial charge in [-0.2, -0.15) is 0 Å². The molecule has 0 radical (unpaired) electrons. The average molecular weight is 316 g/mol. The van der Waals surface area contributed by atoms with E-state index in [-0.39, 0.29) is 5.60 Å². The molecule has 1 aliphatic carbocycles. The van der Waals surface area contributed by atoms with Crippen molar-refractivity contribution in [1.82, 2.24) is 0 Å². The summed E-state index contributed by atoms with van der Waals surface area (Å²) in [6.07, 6.45) is 8.33. The lowest BCUT2D eigenvalue weighted by atomic mass is 9.64. The summed E-state index contributed by atoms with van der Waals surface area (Å²) >= 11 is 0. The van der Waals surface area contributed by atoms with Crippen molar-refractivity contribution < 1.29 is 9.84 Å². The van der Waals surface area contributed by atoms with Crippen molar-refractivity contribution in [2.24, 2.45) is 11.8 Å². The fourth-order valence-corrected chi connectivity index (χ4v) is 4.74. The van der Waals surface area contributed by atoms with E-state index in [0.29, 0.717) is 17.6 Å². The fourth-order valence-electron chi connectivity index (χ4n) is 4.74. The summed E-state index contributed by atoms with van der Waals surface area (Å²) in [7, 11) is 0. The van der Waals surface area contributed by atoms with Gasteiger partial charge in [-0.25, -0.2) is 0 Å². The van der Waals surface area contributed by atoms with Crippen LogP contribution in [0.15, 0.2) is 12.1 Å². The van der Waals surface area contributed by atoms with Gasteiger partial charge in [0.05, 0.1) is 0 Å². The first kappa shape index (κ1) is 16.7. The summed E-state index contributed by atoms with van der Waals surface area (Å²) in [6, 6.07) is 4.19. The van der Waals surface area contributed by atoms with Gasteiger partial charge in [0.25, 0.3) is 0 Å². The topological polar surface area (TPSA) is 29.5 Å². The molecule has 2 aliphatic rings. The Balaban J connectivity index is 1.94. The third-order valence-electron chi connectivity index (χ3n) is 6.00. The second kappa shape index (κ2) is 6.37. The van der Waals surface area contributed by atoms with Gasteiger partial charge in [0.1, 0.15) is 17.1 Å². The molecule has 1 saturated carbocycles. The molecule has 2 nitrogen and oxygen atoms in total. The third-order valence-corrected chi connectivity index (χ3v) is 6.00. The second-order valence-electron chi connectivity index (χ2n) is 8.32. The minimum atomic E-state index is -0.133. The van der Waals surface area contributed by atoms with Crippen molar-refractivity contribution in [3.05, 3.63) is 23.3 Å². The molecule has 1 aromatic rings. The Morgan fingerprint density at radius 1 is 1.22 bits per heavy atom. The number of aromatic hydroxyl groups is 1. The standard InChI is InChI=1S/C21H32O2/c1-5-6-7-8-15-12-18(22)20-16-11-14(2)9-10-17(16)21(3,4)23-19(20)13-15/h12-14,16-17,22H,5-11H2,1-4H3/t14?,16-,17+/m0/s1. The summed E-state index contributed by atoms with van der Waals surface area (Å²) in [4.78, 5) is 0. The van der Waals surface area contributed by atoms with Gasteiger partial charge in [-0.05, 0) is 69.1 Å². The molecule has 23 heavy (non-hydrogen) atoms. The average Bonchev–Trinajstić information content (AvgIpc) is 2.46. The van der Waals surface area contributed by atoms with Crippen LogP contribution in [0.4, 0.5) is 0 Å². The lowest BCUT2D eigenvalue weighted by Gasteiger charge is -2.48. The molecule has 0 aromatic heterocycles. The van der Waals surface area contributed by atoms with Crippen molar-refractivity contribution in [3.8, 4) is 11.5 Å². The van der Waals surface area contributed by atoms with Gasteiger partial charge in [0, 0.05) is 11.5 Å². The number of phenolic OH excluding ortho intramolecular Hbond substituents is 1. The fraction of sp³-hybridized carbons (Fsp3) is 0.714. The summed E-state index contributed by atoms with van der Waals surface area (Å²) in [5.41, 5.74) is 2.17. The van der Waals surface area contributed by atoms with E-state index >= 15 is 0 Å². The maximum atomic E-state index is 10.7. The van der Waals surface area contributed by atoms with E-state index in [4.69, 9.17) is 4.74 Å². The quantitative estimate of drug-likeness (QED) is 0.710. The van der Waals surface area contributed by atoms with Gasteiger partial charge in [-0.3, -0.25) is 0 Å². The van der Waals surface area contributed by atoms with Crippen molar-refractivity contribution >= 4 is 0 Å². The molecule has 3 rings (SSSR count). The first-order chi connectivity index (χ1) is 10.9. The highest BCUT2D eigenvalue weighted by Gasteiger charge is 2.47. The van der Waals surface area contributed by atoms with E-state index in [1.807, 2.05) is 6.07 Å². The second-order valence-corrected chi connectivity index (χ2v) is 8.32. The SMILES string of the molecule is CCCCCc1cc(O)c2c(c1)OC(C)(C)[C@@H]1CCC(C)C[C@H]21. The molecular formula is C21H32O2. The van der Waals surface area contributed by atoms with Crippen molar-refractivity contribution in [3.63, 3.8) is 0 Å². The summed E-state index contributed by atoms with van der Waals surface area (Å²) in [5.74, 6) is 3.11. The van der Waals surface area contributed by atoms with E-state index in [9.17, 15) is 5.11 Å². The number of rotatable bonds is 4. The smallest absolute Gasteiger partial charge is 0.127 e. The Morgan fingerprint density at radius 3 is 2.74 bits per heavy atom. The lowest BCUT2D eigenvalue weighted by Crippen LogP contribution is -2.46. The van der Waals surface area contributed by atoms with Crippen LogP contribution in [0.1, 0.15) is 83.3 Å². The first-order valence-corrected chi connectivity index (χ1v) is 9.47. The highest BCUT2D eigenvalue weighted by atomic mass is 16.5. The van der Waals surface area contributed by atoms with Crippen molar-refractivity contribution in [2.75, 3.05) is 0 Å². The first-order valence-electron chi connectivity index (χ1n) is 9.47. The molecule has 2 heteroatoms. The number of hydrogen-bond donors (Lipinski definition) is 1. The summed E-state index contributed by atoms with van der Waals surface area (Å²) < 4.78 is 6.39. The minimum absolute atomic E-state index is 0.133. The van der Waals surface area contributed by atoms with Crippen LogP contribution in [-0.4, -0.2) is 10.7 Å². The predicted octanol–water partition coefficient (Wildman–Crippen LogP) is 5.82. The van der Waals surface area contributed by atoms with E-state index in [0.717, 1.165) is 23.7 Å². The maximum absolute atomic E-state index is 10.7. The Kier molecular flexibility index (Phi) is 4.62. The molecule has 0 saturated heterocycles. The molecule has 0 bridgehead atoms. The van der Waals surface area contributed by atoms with E-state index in [2.05, 4.69) is 33.8 Å². The van der Waals surface area contributed by atoms with Gasteiger partial charge in [-0.1, -0.05) is 33.1 Å². The molecule has 1 heterocycles. The molecule has 1 aliphatic heterocycles. The van der Waals surface area contributed by atoms with Crippen molar-refractivity contribution in [2.45, 2.75) is 84.2 Å². The Bertz CT molecular complexity index is 561. The number of phenols is 1. The van der Waals surface area contributed by atoms with Crippen molar-refractivity contribution in [1.29, 1.82) is 0 Å². The lowest BCUT2D eigenvalue weighted by molar-refractivity contribution is -0.0145. The molecule has 128 valence electrons. The Labute approximate surface area is 141 Å².